The molecule has 6 N–H and O–H groups in total. The summed E-state index contributed by atoms with van der Waals surface area (Å²) < 4.78 is 10.7. The minimum absolute atomic E-state index is 0.0311. The van der Waals surface area contributed by atoms with Crippen molar-refractivity contribution >= 4 is 23.8 Å². The van der Waals surface area contributed by atoms with Gasteiger partial charge in [0.15, 0.2) is 0 Å². The summed E-state index contributed by atoms with van der Waals surface area (Å²) in [6.07, 6.45) is 1.58. The Balaban J connectivity index is 2.12. The first kappa shape index (κ1) is 29.6. The van der Waals surface area contributed by atoms with Crippen LogP contribution in [0.4, 0.5) is 16.6 Å². The molecule has 2 rings (SSSR count). The van der Waals surface area contributed by atoms with Crippen LogP contribution in [0.3, 0.4) is 0 Å². The number of carbonyl (C=O) groups excluding carboxylic acids is 2. The SMILES string of the molecule is CCC[C@@H](CO)Nc1nc(N)nc(C)c1Cc1ccc(C(=O)NCCNC(=O)OC(C)(C)C)cc1OC. The number of aliphatic hydroxyl groups excluding tert-OH is 1. The lowest BCUT2D eigenvalue weighted by Gasteiger charge is -2.20. The second kappa shape index (κ2) is 13.6. The van der Waals surface area contributed by atoms with E-state index in [1.807, 2.05) is 19.9 Å². The van der Waals surface area contributed by atoms with Crippen LogP contribution in [0.15, 0.2) is 18.2 Å². The van der Waals surface area contributed by atoms with Crippen LogP contribution in [0.5, 0.6) is 5.75 Å². The largest absolute Gasteiger partial charge is 0.496 e. The lowest BCUT2D eigenvalue weighted by molar-refractivity contribution is 0.0526. The Kier molecular flexibility index (Phi) is 10.9. The van der Waals surface area contributed by atoms with Gasteiger partial charge in [-0.25, -0.2) is 9.78 Å². The molecule has 0 aliphatic rings. The summed E-state index contributed by atoms with van der Waals surface area (Å²) in [7, 11) is 1.54. The van der Waals surface area contributed by atoms with Gasteiger partial charge in [0.2, 0.25) is 5.95 Å². The highest BCUT2D eigenvalue weighted by molar-refractivity contribution is 5.94. The molecule has 0 saturated heterocycles. The first-order chi connectivity index (χ1) is 17.5. The number of aromatic nitrogens is 2. The minimum Gasteiger partial charge on any atom is -0.496 e. The van der Waals surface area contributed by atoms with Gasteiger partial charge in [-0.2, -0.15) is 4.98 Å². The van der Waals surface area contributed by atoms with Crippen molar-refractivity contribution in [1.82, 2.24) is 20.6 Å². The molecule has 0 unspecified atom stereocenters. The number of nitrogen functional groups attached to an aromatic ring is 1. The number of nitrogens with two attached hydrogens (primary N) is 1. The minimum atomic E-state index is -0.588. The van der Waals surface area contributed by atoms with Crippen LogP contribution in [-0.4, -0.2) is 65.5 Å². The number of nitrogens with zero attached hydrogens (tertiary/aromatic N) is 2. The standard InChI is InChI=1S/C26H40N6O5/c1-7-8-19(15-33)31-22-20(16(2)30-24(27)32-22)13-17-9-10-18(14-21(17)36-6)23(34)28-11-12-29-25(35)37-26(3,4)5/h9-10,14,19,33H,7-8,11-13,15H2,1-6H3,(H,28,34)(H,29,35)(H3,27,30,31,32)/t19-/m0/s1. The number of rotatable bonds is 12. The van der Waals surface area contributed by atoms with Crippen molar-refractivity contribution in [2.75, 3.05) is 37.9 Å². The Labute approximate surface area is 218 Å². The van der Waals surface area contributed by atoms with Gasteiger partial charge in [-0.3, -0.25) is 4.79 Å². The van der Waals surface area contributed by atoms with E-state index in [1.54, 1.807) is 40.0 Å². The number of alkyl carbamates (subject to hydrolysis) is 1. The normalized spacial score (nSPS) is 12.0. The Morgan fingerprint density at radius 2 is 1.86 bits per heavy atom. The molecule has 0 saturated carbocycles. The van der Waals surface area contributed by atoms with Gasteiger partial charge in [0.05, 0.1) is 19.8 Å². The van der Waals surface area contributed by atoms with Crippen molar-refractivity contribution < 1.29 is 24.2 Å². The first-order valence-corrected chi connectivity index (χ1v) is 12.4. The molecule has 2 aromatic rings. The van der Waals surface area contributed by atoms with E-state index in [-0.39, 0.29) is 37.6 Å². The summed E-state index contributed by atoms with van der Waals surface area (Å²) >= 11 is 0. The van der Waals surface area contributed by atoms with E-state index < -0.39 is 11.7 Å². The number of aryl methyl sites for hydroxylation is 1. The Hall–Kier alpha value is -3.60. The van der Waals surface area contributed by atoms with Gasteiger partial charge in [-0.05, 0) is 51.8 Å². The summed E-state index contributed by atoms with van der Waals surface area (Å²) in [6, 6.07) is 5.04. The number of methoxy groups -OCH3 is 1. The summed E-state index contributed by atoms with van der Waals surface area (Å²) in [4.78, 5) is 33.0. The van der Waals surface area contributed by atoms with Crippen molar-refractivity contribution in [1.29, 1.82) is 0 Å². The van der Waals surface area contributed by atoms with Crippen LogP contribution >= 0.6 is 0 Å². The van der Waals surface area contributed by atoms with Crippen molar-refractivity contribution in [3.63, 3.8) is 0 Å². The lowest BCUT2D eigenvalue weighted by atomic mass is 10.0. The van der Waals surface area contributed by atoms with Crippen LogP contribution < -0.4 is 26.4 Å². The predicted molar refractivity (Wildman–Crippen MR) is 143 cm³/mol. The van der Waals surface area contributed by atoms with Crippen LogP contribution in [0.1, 0.15) is 67.7 Å². The fraction of sp³-hybridized carbons (Fsp3) is 0.538. The number of hydrogen-bond acceptors (Lipinski definition) is 9. The van der Waals surface area contributed by atoms with E-state index in [9.17, 15) is 14.7 Å². The molecule has 1 aromatic heterocycles. The average molecular weight is 517 g/mol. The fourth-order valence-electron chi connectivity index (χ4n) is 3.68. The zero-order valence-electron chi connectivity index (χ0n) is 22.6. The molecule has 0 fully saturated rings. The van der Waals surface area contributed by atoms with Crippen LogP contribution in [0.25, 0.3) is 0 Å². The van der Waals surface area contributed by atoms with Crippen LogP contribution in [0, 0.1) is 6.92 Å². The second-order valence-electron chi connectivity index (χ2n) is 9.69. The molecule has 11 nitrogen and oxygen atoms in total. The highest BCUT2D eigenvalue weighted by atomic mass is 16.6. The van der Waals surface area contributed by atoms with E-state index in [2.05, 4.69) is 25.9 Å². The van der Waals surface area contributed by atoms with Gasteiger partial charge >= 0.3 is 6.09 Å². The van der Waals surface area contributed by atoms with Gasteiger partial charge in [-0.15, -0.1) is 0 Å². The average Bonchev–Trinajstić information content (AvgIpc) is 2.82. The Morgan fingerprint density at radius 3 is 2.49 bits per heavy atom. The lowest BCUT2D eigenvalue weighted by Crippen LogP contribution is -2.37. The Morgan fingerprint density at radius 1 is 1.16 bits per heavy atom. The van der Waals surface area contributed by atoms with Crippen LogP contribution in [0.2, 0.25) is 0 Å². The molecule has 204 valence electrons. The smallest absolute Gasteiger partial charge is 0.407 e. The van der Waals surface area contributed by atoms with E-state index >= 15 is 0 Å². The molecular weight excluding hydrogens is 476 g/mol. The number of benzene rings is 1. The van der Waals surface area contributed by atoms with E-state index in [0.29, 0.717) is 29.2 Å². The number of ether oxygens (including phenoxy) is 2. The molecule has 0 spiro atoms. The van der Waals surface area contributed by atoms with Crippen molar-refractivity contribution in [2.45, 2.75) is 65.5 Å². The molecule has 1 heterocycles. The molecule has 1 atom stereocenters. The number of aliphatic hydroxyl groups is 1. The van der Waals surface area contributed by atoms with Gasteiger partial charge < -0.3 is 36.3 Å². The zero-order valence-corrected chi connectivity index (χ0v) is 22.6. The number of nitrogens with one attached hydrogen (secondary N) is 3. The molecule has 2 amide bonds. The zero-order chi connectivity index (χ0) is 27.6. The van der Waals surface area contributed by atoms with Crippen molar-refractivity contribution in [3.05, 3.63) is 40.6 Å². The summed E-state index contributed by atoms with van der Waals surface area (Å²) in [6.45, 7) is 9.68. The summed E-state index contributed by atoms with van der Waals surface area (Å²) in [5, 5.41) is 18.4. The van der Waals surface area contributed by atoms with Crippen molar-refractivity contribution in [2.24, 2.45) is 0 Å². The molecule has 0 radical (unpaired) electrons. The maximum absolute atomic E-state index is 12.6. The van der Waals surface area contributed by atoms with E-state index in [0.717, 1.165) is 24.0 Å². The Bertz CT molecular complexity index is 1070. The van der Waals surface area contributed by atoms with E-state index in [4.69, 9.17) is 15.2 Å². The quantitative estimate of drug-likeness (QED) is 0.267. The highest BCUT2D eigenvalue weighted by Gasteiger charge is 2.18. The van der Waals surface area contributed by atoms with Crippen LogP contribution in [-0.2, 0) is 11.2 Å². The molecule has 37 heavy (non-hydrogen) atoms. The third-order valence-corrected chi connectivity index (χ3v) is 5.42. The van der Waals surface area contributed by atoms with Gasteiger partial charge in [0, 0.05) is 36.3 Å². The second-order valence-corrected chi connectivity index (χ2v) is 9.69. The first-order valence-electron chi connectivity index (χ1n) is 12.4. The molecule has 1 aromatic carbocycles. The maximum Gasteiger partial charge on any atom is 0.407 e. The van der Waals surface area contributed by atoms with Crippen molar-refractivity contribution in [3.8, 4) is 5.75 Å². The molecular formula is C26H40N6O5. The number of hydrogen-bond donors (Lipinski definition) is 5. The maximum atomic E-state index is 12.6. The topological polar surface area (TPSA) is 161 Å². The third-order valence-electron chi connectivity index (χ3n) is 5.42. The third kappa shape index (κ3) is 9.41. The monoisotopic (exact) mass is 516 g/mol. The molecule has 0 aliphatic heterocycles. The molecule has 0 aliphatic carbocycles. The number of carbonyl (C=O) groups is 2. The van der Waals surface area contributed by atoms with Gasteiger partial charge in [-0.1, -0.05) is 19.4 Å². The predicted octanol–water partition coefficient (Wildman–Crippen LogP) is 2.79. The summed E-state index contributed by atoms with van der Waals surface area (Å²) in [5.74, 6) is 0.959. The molecule has 11 heteroatoms. The summed E-state index contributed by atoms with van der Waals surface area (Å²) in [5.41, 5.74) is 8.10. The number of anilines is 2. The number of amides is 2. The van der Waals surface area contributed by atoms with Gasteiger partial charge in [0.1, 0.15) is 17.2 Å². The molecule has 0 bridgehead atoms. The van der Waals surface area contributed by atoms with Gasteiger partial charge in [0.25, 0.3) is 5.91 Å². The fourth-order valence-corrected chi connectivity index (χ4v) is 3.68. The van der Waals surface area contributed by atoms with E-state index in [1.165, 1.54) is 0 Å². The highest BCUT2D eigenvalue weighted by Crippen LogP contribution is 2.28.